The van der Waals surface area contributed by atoms with Crippen LogP contribution in [0.4, 0.5) is 21.7 Å². The average Bonchev–Trinajstić information content (AvgIpc) is 3.26. The number of aryl methyl sites for hydroxylation is 1. The summed E-state index contributed by atoms with van der Waals surface area (Å²) in [6.45, 7) is 1.99. The molecule has 0 radical (unpaired) electrons. The van der Waals surface area contributed by atoms with Gasteiger partial charge in [0, 0.05) is 30.5 Å². The van der Waals surface area contributed by atoms with Crippen LogP contribution in [0.25, 0.3) is 11.3 Å². The Bertz CT molecular complexity index is 1120. The van der Waals surface area contributed by atoms with E-state index in [2.05, 4.69) is 45.3 Å². The Kier molecular flexibility index (Phi) is 7.10. The van der Waals surface area contributed by atoms with Gasteiger partial charge in [-0.15, -0.1) is 0 Å². The number of aromatic nitrogens is 3. The SMILES string of the molecule is CN(C)CCCc1ccc(Nc2nccc(-c3ccc(N4CC[C@H](F)C4)c(C#N)c3)n2)cn1. The molecule has 3 aromatic rings. The molecule has 0 unspecified atom stereocenters. The molecule has 0 spiro atoms. The van der Waals surface area contributed by atoms with Crippen LogP contribution >= 0.6 is 0 Å². The Morgan fingerprint density at radius 1 is 1.21 bits per heavy atom. The summed E-state index contributed by atoms with van der Waals surface area (Å²) in [7, 11) is 4.14. The molecule has 33 heavy (non-hydrogen) atoms. The van der Waals surface area contributed by atoms with Crippen molar-refractivity contribution in [1.82, 2.24) is 19.9 Å². The summed E-state index contributed by atoms with van der Waals surface area (Å²) in [5.41, 5.74) is 4.67. The summed E-state index contributed by atoms with van der Waals surface area (Å²) in [6.07, 6.45) is 5.13. The van der Waals surface area contributed by atoms with E-state index in [1.54, 1.807) is 24.5 Å². The van der Waals surface area contributed by atoms with Crippen LogP contribution in [0, 0.1) is 11.3 Å². The number of nitriles is 1. The topological polar surface area (TPSA) is 81.0 Å². The van der Waals surface area contributed by atoms with Crippen molar-refractivity contribution in [2.24, 2.45) is 0 Å². The maximum absolute atomic E-state index is 13.6. The molecular weight excluding hydrogens is 417 g/mol. The first kappa shape index (κ1) is 22.6. The van der Waals surface area contributed by atoms with Crippen LogP contribution in [0.5, 0.6) is 0 Å². The Morgan fingerprint density at radius 3 is 2.79 bits per heavy atom. The standard InChI is InChI=1S/C25H28FN7/c1-32(2)12-3-4-21-6-7-22(16-29-21)30-25-28-11-9-23(31-25)18-5-8-24(19(14-18)15-27)33-13-10-20(26)17-33/h5-9,11,14,16,20H,3-4,10,12-13,17H2,1-2H3,(H,28,30,31)/t20-/m0/s1. The summed E-state index contributed by atoms with van der Waals surface area (Å²) >= 11 is 0. The van der Waals surface area contributed by atoms with Crippen LogP contribution in [0.2, 0.25) is 0 Å². The highest BCUT2D eigenvalue weighted by molar-refractivity contribution is 5.70. The Labute approximate surface area is 193 Å². The molecule has 1 N–H and O–H groups in total. The van der Waals surface area contributed by atoms with E-state index in [0.717, 1.165) is 42.0 Å². The molecule has 0 amide bonds. The van der Waals surface area contributed by atoms with Gasteiger partial charge in [0.2, 0.25) is 5.95 Å². The lowest BCUT2D eigenvalue weighted by atomic mass is 10.1. The predicted molar refractivity (Wildman–Crippen MR) is 128 cm³/mol. The molecule has 1 aromatic carbocycles. The fourth-order valence-corrected chi connectivity index (χ4v) is 3.93. The van der Waals surface area contributed by atoms with Gasteiger partial charge in [-0.05, 0) is 70.2 Å². The molecule has 1 aliphatic rings. The average molecular weight is 446 g/mol. The van der Waals surface area contributed by atoms with Crippen LogP contribution in [-0.2, 0) is 6.42 Å². The summed E-state index contributed by atoms with van der Waals surface area (Å²) < 4.78 is 13.6. The third kappa shape index (κ3) is 5.82. The van der Waals surface area contributed by atoms with Gasteiger partial charge in [0.1, 0.15) is 12.2 Å². The van der Waals surface area contributed by atoms with E-state index in [-0.39, 0.29) is 0 Å². The maximum Gasteiger partial charge on any atom is 0.227 e. The molecule has 1 aliphatic heterocycles. The molecule has 1 fully saturated rings. The van der Waals surface area contributed by atoms with Crippen molar-refractivity contribution in [1.29, 1.82) is 5.26 Å². The molecule has 1 saturated heterocycles. The van der Waals surface area contributed by atoms with Crippen molar-refractivity contribution in [3.05, 3.63) is 60.0 Å². The van der Waals surface area contributed by atoms with Crippen molar-refractivity contribution in [2.45, 2.75) is 25.4 Å². The lowest BCUT2D eigenvalue weighted by molar-refractivity contribution is 0.364. The molecule has 1 atom stereocenters. The van der Waals surface area contributed by atoms with Gasteiger partial charge in [0.05, 0.1) is 28.8 Å². The lowest BCUT2D eigenvalue weighted by Crippen LogP contribution is -2.20. The first-order chi connectivity index (χ1) is 16.0. The fourth-order valence-electron chi connectivity index (χ4n) is 3.93. The Hall–Kier alpha value is -3.57. The number of nitrogens with zero attached hydrogens (tertiary/aromatic N) is 6. The number of nitrogens with one attached hydrogen (secondary N) is 1. The third-order valence-corrected chi connectivity index (χ3v) is 5.66. The van der Waals surface area contributed by atoms with Crippen LogP contribution in [0.3, 0.4) is 0 Å². The zero-order valence-electron chi connectivity index (χ0n) is 19.0. The molecule has 3 heterocycles. The normalized spacial score (nSPS) is 15.6. The van der Waals surface area contributed by atoms with Gasteiger partial charge in [-0.25, -0.2) is 14.4 Å². The first-order valence-corrected chi connectivity index (χ1v) is 11.1. The van der Waals surface area contributed by atoms with Gasteiger partial charge < -0.3 is 15.1 Å². The smallest absolute Gasteiger partial charge is 0.227 e. The number of benzene rings is 1. The minimum atomic E-state index is -0.840. The van der Waals surface area contributed by atoms with Crippen molar-refractivity contribution in [3.8, 4) is 17.3 Å². The van der Waals surface area contributed by atoms with E-state index in [0.29, 0.717) is 36.7 Å². The lowest BCUT2D eigenvalue weighted by Gasteiger charge is -2.19. The highest BCUT2D eigenvalue weighted by atomic mass is 19.1. The molecule has 7 nitrogen and oxygen atoms in total. The van der Waals surface area contributed by atoms with Crippen molar-refractivity contribution in [2.75, 3.05) is 43.9 Å². The Morgan fingerprint density at radius 2 is 2.09 bits per heavy atom. The maximum atomic E-state index is 13.6. The van der Waals surface area contributed by atoms with Crippen molar-refractivity contribution in [3.63, 3.8) is 0 Å². The van der Waals surface area contributed by atoms with Crippen molar-refractivity contribution >= 4 is 17.3 Å². The third-order valence-electron chi connectivity index (χ3n) is 5.66. The molecule has 0 bridgehead atoms. The monoisotopic (exact) mass is 445 g/mol. The second-order valence-electron chi connectivity index (χ2n) is 8.51. The molecule has 4 rings (SSSR count). The number of rotatable bonds is 8. The highest BCUT2D eigenvalue weighted by Gasteiger charge is 2.24. The fraction of sp³-hybridized carbons (Fsp3) is 0.360. The summed E-state index contributed by atoms with van der Waals surface area (Å²) in [4.78, 5) is 17.5. The van der Waals surface area contributed by atoms with Crippen LogP contribution < -0.4 is 10.2 Å². The van der Waals surface area contributed by atoms with Gasteiger partial charge in [-0.1, -0.05) is 6.07 Å². The quantitative estimate of drug-likeness (QED) is 0.557. The molecule has 170 valence electrons. The first-order valence-electron chi connectivity index (χ1n) is 11.1. The minimum Gasteiger partial charge on any atom is -0.367 e. The predicted octanol–water partition coefficient (Wildman–Crippen LogP) is 4.20. The molecule has 2 aromatic heterocycles. The van der Waals surface area contributed by atoms with Crippen LogP contribution in [0.1, 0.15) is 24.1 Å². The van der Waals surface area contributed by atoms with Crippen molar-refractivity contribution < 1.29 is 4.39 Å². The number of pyridine rings is 1. The molecule has 8 heteroatoms. The minimum absolute atomic E-state index is 0.331. The summed E-state index contributed by atoms with van der Waals surface area (Å²) in [5, 5.41) is 12.8. The molecular formula is C25H28FN7. The highest BCUT2D eigenvalue weighted by Crippen LogP contribution is 2.29. The van der Waals surface area contributed by atoms with Crippen LogP contribution in [-0.4, -0.2) is 59.8 Å². The summed E-state index contributed by atoms with van der Waals surface area (Å²) in [6, 6.07) is 13.6. The largest absolute Gasteiger partial charge is 0.367 e. The van der Waals surface area contributed by atoms with Gasteiger partial charge >= 0.3 is 0 Å². The second-order valence-corrected chi connectivity index (χ2v) is 8.51. The van der Waals surface area contributed by atoms with E-state index < -0.39 is 6.17 Å². The van der Waals surface area contributed by atoms with Gasteiger partial charge in [-0.2, -0.15) is 5.26 Å². The Balaban J connectivity index is 1.46. The summed E-state index contributed by atoms with van der Waals surface area (Å²) in [5.74, 6) is 0.456. The molecule has 0 aliphatic carbocycles. The van der Waals surface area contributed by atoms with E-state index in [1.807, 2.05) is 29.2 Å². The van der Waals surface area contributed by atoms with E-state index in [9.17, 15) is 9.65 Å². The second kappa shape index (κ2) is 10.4. The number of hydrogen-bond donors (Lipinski definition) is 1. The number of halogens is 1. The zero-order valence-corrected chi connectivity index (χ0v) is 19.0. The van der Waals surface area contributed by atoms with Gasteiger partial charge in [-0.3, -0.25) is 4.98 Å². The number of anilines is 3. The number of alkyl halides is 1. The zero-order chi connectivity index (χ0) is 23.2. The van der Waals surface area contributed by atoms with Gasteiger partial charge in [0.15, 0.2) is 0 Å². The van der Waals surface area contributed by atoms with Gasteiger partial charge in [0.25, 0.3) is 0 Å². The molecule has 0 saturated carbocycles. The number of hydrogen-bond acceptors (Lipinski definition) is 7. The van der Waals surface area contributed by atoms with E-state index in [4.69, 9.17) is 0 Å². The van der Waals surface area contributed by atoms with E-state index in [1.165, 1.54) is 0 Å². The van der Waals surface area contributed by atoms with E-state index >= 15 is 0 Å². The van der Waals surface area contributed by atoms with Crippen LogP contribution in [0.15, 0.2) is 48.8 Å².